The lowest BCUT2D eigenvalue weighted by Crippen LogP contribution is -2.28. The van der Waals surface area contributed by atoms with Crippen LogP contribution >= 0.6 is 0 Å². The lowest BCUT2D eigenvalue weighted by Gasteiger charge is -2.18. The van der Waals surface area contributed by atoms with Gasteiger partial charge in [-0.1, -0.05) is 38.1 Å². The van der Waals surface area contributed by atoms with E-state index >= 15 is 0 Å². The number of hydrogen-bond donors (Lipinski definition) is 1. The summed E-state index contributed by atoms with van der Waals surface area (Å²) in [6, 6.07) is 6.59. The number of hydrogen-bond acceptors (Lipinski definition) is 1. The molecule has 0 aliphatic carbocycles. The second-order valence-corrected chi connectivity index (χ2v) is 3.86. The van der Waals surface area contributed by atoms with Gasteiger partial charge in [0, 0.05) is 0 Å². The number of aryl methyl sites for hydroxylation is 1. The number of alkyl halides is 2. The van der Waals surface area contributed by atoms with Gasteiger partial charge in [0.05, 0.1) is 6.04 Å². The Kier molecular flexibility index (Phi) is 5.39. The van der Waals surface area contributed by atoms with Crippen molar-refractivity contribution in [3.05, 3.63) is 35.4 Å². The molecule has 0 amide bonds. The third-order valence-electron chi connectivity index (χ3n) is 2.58. The van der Waals surface area contributed by atoms with Gasteiger partial charge < -0.3 is 5.32 Å². The number of rotatable bonds is 6. The normalized spacial score (nSPS) is 13.1. The summed E-state index contributed by atoms with van der Waals surface area (Å²) >= 11 is 0. The summed E-state index contributed by atoms with van der Waals surface area (Å²) in [6.07, 6.45) is -0.632. The SMILES string of the molecule is CCCNC(c1cccc(CC)c1)C(F)F. The maximum absolute atomic E-state index is 12.9. The molecule has 1 aromatic carbocycles. The van der Waals surface area contributed by atoms with Crippen molar-refractivity contribution in [2.75, 3.05) is 6.54 Å². The molecule has 0 aromatic heterocycles. The molecule has 0 saturated carbocycles. The summed E-state index contributed by atoms with van der Waals surface area (Å²) in [5, 5.41) is 2.89. The molecule has 1 rings (SSSR count). The quantitative estimate of drug-likeness (QED) is 0.783. The van der Waals surface area contributed by atoms with Crippen molar-refractivity contribution in [2.24, 2.45) is 0 Å². The molecule has 1 aromatic rings. The van der Waals surface area contributed by atoms with Gasteiger partial charge in [-0.15, -0.1) is 0 Å². The molecule has 90 valence electrons. The van der Waals surface area contributed by atoms with Crippen LogP contribution in [0.15, 0.2) is 24.3 Å². The van der Waals surface area contributed by atoms with E-state index < -0.39 is 12.5 Å². The molecular formula is C13H19F2N. The third-order valence-corrected chi connectivity index (χ3v) is 2.58. The van der Waals surface area contributed by atoms with Gasteiger partial charge in [0.25, 0.3) is 6.43 Å². The Labute approximate surface area is 95.9 Å². The van der Waals surface area contributed by atoms with Gasteiger partial charge in [0.15, 0.2) is 0 Å². The minimum absolute atomic E-state index is 0.616. The highest BCUT2D eigenvalue weighted by Gasteiger charge is 2.21. The van der Waals surface area contributed by atoms with Gasteiger partial charge in [0.2, 0.25) is 0 Å². The molecule has 0 heterocycles. The zero-order valence-electron chi connectivity index (χ0n) is 9.84. The molecular weight excluding hydrogens is 208 g/mol. The van der Waals surface area contributed by atoms with E-state index in [0.717, 1.165) is 18.4 Å². The van der Waals surface area contributed by atoms with E-state index in [1.165, 1.54) is 0 Å². The van der Waals surface area contributed by atoms with Crippen LogP contribution in [0.4, 0.5) is 8.78 Å². The molecule has 3 heteroatoms. The van der Waals surface area contributed by atoms with E-state index in [4.69, 9.17) is 0 Å². The molecule has 0 bridgehead atoms. The molecule has 0 saturated heterocycles. The predicted molar refractivity (Wildman–Crippen MR) is 62.9 cm³/mol. The lowest BCUT2D eigenvalue weighted by atomic mass is 10.0. The zero-order chi connectivity index (χ0) is 12.0. The van der Waals surface area contributed by atoms with E-state index in [1.54, 1.807) is 6.07 Å². The molecule has 1 atom stereocenters. The minimum atomic E-state index is -2.36. The summed E-state index contributed by atoms with van der Waals surface area (Å²) in [7, 11) is 0. The lowest BCUT2D eigenvalue weighted by molar-refractivity contribution is 0.0985. The summed E-state index contributed by atoms with van der Waals surface area (Å²) in [5.41, 5.74) is 1.78. The summed E-state index contributed by atoms with van der Waals surface area (Å²) in [4.78, 5) is 0. The van der Waals surface area contributed by atoms with Crippen LogP contribution in [0, 0.1) is 0 Å². The first kappa shape index (κ1) is 13.1. The van der Waals surface area contributed by atoms with Crippen LogP contribution in [0.2, 0.25) is 0 Å². The van der Waals surface area contributed by atoms with Crippen LogP contribution < -0.4 is 5.32 Å². The highest BCUT2D eigenvalue weighted by molar-refractivity contribution is 5.26. The first-order chi connectivity index (χ1) is 7.69. The fourth-order valence-electron chi connectivity index (χ4n) is 1.66. The molecule has 0 fully saturated rings. The van der Waals surface area contributed by atoms with Crippen LogP contribution in [0.25, 0.3) is 0 Å². The van der Waals surface area contributed by atoms with E-state index in [1.807, 2.05) is 32.0 Å². The molecule has 1 nitrogen and oxygen atoms in total. The van der Waals surface area contributed by atoms with Crippen molar-refractivity contribution in [1.82, 2.24) is 5.32 Å². The molecule has 0 aliphatic rings. The van der Waals surface area contributed by atoms with E-state index in [9.17, 15) is 8.78 Å². The Morgan fingerprint density at radius 1 is 1.25 bits per heavy atom. The Morgan fingerprint density at radius 2 is 2.00 bits per heavy atom. The largest absolute Gasteiger partial charge is 0.305 e. The van der Waals surface area contributed by atoms with Crippen molar-refractivity contribution < 1.29 is 8.78 Å². The first-order valence-corrected chi connectivity index (χ1v) is 5.79. The standard InChI is InChI=1S/C13H19F2N/c1-3-8-16-12(13(14)15)11-7-5-6-10(4-2)9-11/h5-7,9,12-13,16H,3-4,8H2,1-2H3. The van der Waals surface area contributed by atoms with E-state index in [2.05, 4.69) is 5.32 Å². The fraction of sp³-hybridized carbons (Fsp3) is 0.538. The van der Waals surface area contributed by atoms with Gasteiger partial charge >= 0.3 is 0 Å². The Bertz CT molecular complexity index is 313. The van der Waals surface area contributed by atoms with Crippen LogP contribution in [0.5, 0.6) is 0 Å². The molecule has 0 spiro atoms. The average molecular weight is 227 g/mol. The van der Waals surface area contributed by atoms with Crippen molar-refractivity contribution in [3.63, 3.8) is 0 Å². The molecule has 1 N–H and O–H groups in total. The summed E-state index contributed by atoms with van der Waals surface area (Å²) in [6.45, 7) is 4.61. The highest BCUT2D eigenvalue weighted by Crippen LogP contribution is 2.21. The van der Waals surface area contributed by atoms with Gasteiger partial charge in [0.1, 0.15) is 0 Å². The van der Waals surface area contributed by atoms with Gasteiger partial charge in [-0.3, -0.25) is 0 Å². The predicted octanol–water partition coefficient (Wildman–Crippen LogP) is 3.55. The first-order valence-electron chi connectivity index (χ1n) is 5.79. The van der Waals surface area contributed by atoms with Crippen LogP contribution in [-0.2, 0) is 6.42 Å². The minimum Gasteiger partial charge on any atom is -0.305 e. The van der Waals surface area contributed by atoms with E-state index in [-0.39, 0.29) is 0 Å². The van der Waals surface area contributed by atoms with Crippen molar-refractivity contribution in [2.45, 2.75) is 39.2 Å². The number of nitrogens with one attached hydrogen (secondary N) is 1. The summed E-state index contributed by atoms with van der Waals surface area (Å²) < 4.78 is 25.8. The van der Waals surface area contributed by atoms with Crippen molar-refractivity contribution in [1.29, 1.82) is 0 Å². The average Bonchev–Trinajstić information content (AvgIpc) is 2.29. The van der Waals surface area contributed by atoms with E-state index in [0.29, 0.717) is 12.1 Å². The molecule has 0 radical (unpaired) electrons. The van der Waals surface area contributed by atoms with Gasteiger partial charge in [-0.05, 0) is 30.5 Å². The number of benzene rings is 1. The second-order valence-electron chi connectivity index (χ2n) is 3.86. The third kappa shape index (κ3) is 3.56. The molecule has 0 aliphatic heterocycles. The highest BCUT2D eigenvalue weighted by atomic mass is 19.3. The fourth-order valence-corrected chi connectivity index (χ4v) is 1.66. The van der Waals surface area contributed by atoms with Crippen LogP contribution in [0.1, 0.15) is 37.4 Å². The topological polar surface area (TPSA) is 12.0 Å². The zero-order valence-corrected chi connectivity index (χ0v) is 9.84. The second kappa shape index (κ2) is 6.59. The Balaban J connectivity index is 2.82. The van der Waals surface area contributed by atoms with Crippen molar-refractivity contribution >= 4 is 0 Å². The maximum atomic E-state index is 12.9. The Morgan fingerprint density at radius 3 is 2.56 bits per heavy atom. The smallest absolute Gasteiger partial charge is 0.257 e. The van der Waals surface area contributed by atoms with Gasteiger partial charge in [-0.2, -0.15) is 0 Å². The Hall–Kier alpha value is -0.960. The van der Waals surface area contributed by atoms with Crippen LogP contribution in [-0.4, -0.2) is 13.0 Å². The van der Waals surface area contributed by atoms with Gasteiger partial charge in [-0.25, -0.2) is 8.78 Å². The molecule has 1 unspecified atom stereocenters. The van der Waals surface area contributed by atoms with Crippen LogP contribution in [0.3, 0.4) is 0 Å². The number of halogens is 2. The van der Waals surface area contributed by atoms with Crippen molar-refractivity contribution in [3.8, 4) is 0 Å². The monoisotopic (exact) mass is 227 g/mol. The summed E-state index contributed by atoms with van der Waals surface area (Å²) in [5.74, 6) is 0. The molecule has 16 heavy (non-hydrogen) atoms. The maximum Gasteiger partial charge on any atom is 0.257 e.